The van der Waals surface area contributed by atoms with Crippen LogP contribution in [0.15, 0.2) is 64.5 Å². The van der Waals surface area contributed by atoms with Crippen LogP contribution in [-0.4, -0.2) is 28.7 Å². The lowest BCUT2D eigenvalue weighted by Gasteiger charge is -2.10. The maximum absolute atomic E-state index is 12.3. The number of rotatable bonds is 6. The number of para-hydroxylation sites is 2. The largest absolute Gasteiger partial charge is 0.495 e. The molecular formula is C20H16N4O3S. The molecule has 3 rings (SSSR count). The quantitative estimate of drug-likeness (QED) is 0.493. The number of anilines is 1. The number of amides is 1. The topological polar surface area (TPSA) is 108 Å². The van der Waals surface area contributed by atoms with Gasteiger partial charge in [-0.25, -0.2) is 4.98 Å². The van der Waals surface area contributed by atoms with Crippen molar-refractivity contribution in [2.24, 2.45) is 0 Å². The van der Waals surface area contributed by atoms with Crippen molar-refractivity contribution in [2.75, 3.05) is 18.2 Å². The summed E-state index contributed by atoms with van der Waals surface area (Å²) in [6.45, 7) is 0. The standard InChI is InChI=1S/C20H16N4O3S/c1-27-16-10-6-5-9-15(16)22-17(25)12-28-20-23-18(13-7-3-2-4-8-13)14(11-21)19(26)24-20/h2-10H,12H2,1H3,(H,22,25)(H,23,24,26). The molecule has 0 saturated heterocycles. The van der Waals surface area contributed by atoms with E-state index in [2.05, 4.69) is 15.3 Å². The highest BCUT2D eigenvalue weighted by Gasteiger charge is 2.15. The molecule has 0 aliphatic heterocycles. The maximum atomic E-state index is 12.3. The predicted molar refractivity (Wildman–Crippen MR) is 107 cm³/mol. The third kappa shape index (κ3) is 4.39. The second kappa shape index (κ2) is 8.88. The SMILES string of the molecule is COc1ccccc1NC(=O)CSc1nc(-c2ccccc2)c(C#N)c(=O)[nH]1. The van der Waals surface area contributed by atoms with Gasteiger partial charge in [0.25, 0.3) is 5.56 Å². The average Bonchev–Trinajstić information content (AvgIpc) is 2.73. The first-order valence-corrected chi connectivity index (χ1v) is 9.26. The Kier molecular flexibility index (Phi) is 6.09. The van der Waals surface area contributed by atoms with E-state index in [1.807, 2.05) is 12.1 Å². The summed E-state index contributed by atoms with van der Waals surface area (Å²) in [6.07, 6.45) is 0. The van der Waals surface area contributed by atoms with E-state index in [-0.39, 0.29) is 22.4 Å². The van der Waals surface area contributed by atoms with Crippen molar-refractivity contribution in [3.8, 4) is 23.1 Å². The summed E-state index contributed by atoms with van der Waals surface area (Å²) >= 11 is 1.07. The Bertz CT molecular complexity index is 1090. The van der Waals surface area contributed by atoms with E-state index in [4.69, 9.17) is 4.74 Å². The molecule has 0 unspecified atom stereocenters. The lowest BCUT2D eigenvalue weighted by Crippen LogP contribution is -2.17. The van der Waals surface area contributed by atoms with E-state index < -0.39 is 5.56 Å². The van der Waals surface area contributed by atoms with E-state index >= 15 is 0 Å². The maximum Gasteiger partial charge on any atom is 0.270 e. The molecule has 0 saturated carbocycles. The molecule has 28 heavy (non-hydrogen) atoms. The van der Waals surface area contributed by atoms with Crippen LogP contribution in [0.4, 0.5) is 5.69 Å². The van der Waals surface area contributed by atoms with Gasteiger partial charge in [-0.3, -0.25) is 9.59 Å². The highest BCUT2D eigenvalue weighted by atomic mass is 32.2. The third-order valence-electron chi connectivity index (χ3n) is 3.78. The Morgan fingerprint density at radius 1 is 1.21 bits per heavy atom. The number of carbonyl (C=O) groups is 1. The summed E-state index contributed by atoms with van der Waals surface area (Å²) in [5.74, 6) is 0.307. The van der Waals surface area contributed by atoms with Gasteiger partial charge in [0.05, 0.1) is 24.2 Å². The molecule has 1 amide bonds. The number of nitrogens with zero attached hydrogens (tertiary/aromatic N) is 2. The molecule has 0 aliphatic rings. The number of benzene rings is 2. The van der Waals surface area contributed by atoms with Gasteiger partial charge >= 0.3 is 0 Å². The molecule has 0 aliphatic carbocycles. The van der Waals surface area contributed by atoms with Crippen molar-refractivity contribution in [1.82, 2.24) is 9.97 Å². The molecule has 0 radical (unpaired) electrons. The number of H-pyrrole nitrogens is 1. The number of carbonyl (C=O) groups excluding carboxylic acids is 1. The highest BCUT2D eigenvalue weighted by molar-refractivity contribution is 7.99. The first-order valence-electron chi connectivity index (χ1n) is 8.28. The molecule has 140 valence electrons. The van der Waals surface area contributed by atoms with Gasteiger partial charge in [-0.15, -0.1) is 0 Å². The van der Waals surface area contributed by atoms with E-state index in [0.29, 0.717) is 22.7 Å². The van der Waals surface area contributed by atoms with Crippen LogP contribution in [0.25, 0.3) is 11.3 Å². The normalized spacial score (nSPS) is 10.1. The molecular weight excluding hydrogens is 376 g/mol. The van der Waals surface area contributed by atoms with Crippen LogP contribution in [0, 0.1) is 11.3 Å². The molecule has 0 spiro atoms. The van der Waals surface area contributed by atoms with Crippen LogP contribution in [0.3, 0.4) is 0 Å². The number of hydrogen-bond acceptors (Lipinski definition) is 6. The zero-order valence-corrected chi connectivity index (χ0v) is 15.7. The molecule has 0 fully saturated rings. The fourth-order valence-corrected chi connectivity index (χ4v) is 3.16. The van der Waals surface area contributed by atoms with Crippen LogP contribution < -0.4 is 15.6 Å². The van der Waals surface area contributed by atoms with E-state index in [1.54, 1.807) is 48.5 Å². The van der Waals surface area contributed by atoms with E-state index in [9.17, 15) is 14.9 Å². The average molecular weight is 392 g/mol. The molecule has 1 aromatic heterocycles. The van der Waals surface area contributed by atoms with Gasteiger partial charge < -0.3 is 15.0 Å². The second-order valence-electron chi connectivity index (χ2n) is 5.61. The summed E-state index contributed by atoms with van der Waals surface area (Å²) in [7, 11) is 1.52. The Labute approximate surface area is 165 Å². The summed E-state index contributed by atoms with van der Waals surface area (Å²) in [6, 6.07) is 17.9. The van der Waals surface area contributed by atoms with Crippen molar-refractivity contribution in [3.63, 3.8) is 0 Å². The molecule has 2 aromatic carbocycles. The van der Waals surface area contributed by atoms with Crippen LogP contribution in [0.1, 0.15) is 5.56 Å². The zero-order valence-electron chi connectivity index (χ0n) is 14.9. The minimum Gasteiger partial charge on any atom is -0.495 e. The van der Waals surface area contributed by atoms with E-state index in [0.717, 1.165) is 11.8 Å². The minimum atomic E-state index is -0.538. The fourth-order valence-electron chi connectivity index (χ4n) is 2.50. The van der Waals surface area contributed by atoms with Crippen LogP contribution in [0.5, 0.6) is 5.75 Å². The van der Waals surface area contributed by atoms with Gasteiger partial charge in [0.15, 0.2) is 5.16 Å². The molecule has 0 bridgehead atoms. The van der Waals surface area contributed by atoms with Crippen molar-refractivity contribution in [1.29, 1.82) is 5.26 Å². The molecule has 2 N–H and O–H groups in total. The summed E-state index contributed by atoms with van der Waals surface area (Å²) in [4.78, 5) is 31.4. The number of methoxy groups -OCH3 is 1. The third-order valence-corrected chi connectivity index (χ3v) is 4.65. The molecule has 0 atom stereocenters. The number of hydrogen-bond donors (Lipinski definition) is 2. The van der Waals surface area contributed by atoms with Crippen LogP contribution in [0.2, 0.25) is 0 Å². The van der Waals surface area contributed by atoms with Gasteiger partial charge in [-0.2, -0.15) is 5.26 Å². The van der Waals surface area contributed by atoms with Crippen molar-refractivity contribution in [3.05, 3.63) is 70.5 Å². The van der Waals surface area contributed by atoms with Gasteiger partial charge in [0, 0.05) is 5.56 Å². The van der Waals surface area contributed by atoms with Gasteiger partial charge in [-0.1, -0.05) is 54.2 Å². The highest BCUT2D eigenvalue weighted by Crippen LogP contribution is 2.24. The predicted octanol–water partition coefficient (Wildman–Crippen LogP) is 3.05. The van der Waals surface area contributed by atoms with Crippen molar-refractivity contribution >= 4 is 23.4 Å². The van der Waals surface area contributed by atoms with Crippen molar-refractivity contribution in [2.45, 2.75) is 5.16 Å². The van der Waals surface area contributed by atoms with Crippen molar-refractivity contribution < 1.29 is 9.53 Å². The smallest absolute Gasteiger partial charge is 0.270 e. The summed E-state index contributed by atoms with van der Waals surface area (Å²) < 4.78 is 5.20. The first kappa shape index (κ1) is 19.2. The lowest BCUT2D eigenvalue weighted by atomic mass is 10.1. The molecule has 1 heterocycles. The molecule has 8 heteroatoms. The lowest BCUT2D eigenvalue weighted by molar-refractivity contribution is -0.113. The van der Waals surface area contributed by atoms with Gasteiger partial charge in [-0.05, 0) is 12.1 Å². The Balaban J connectivity index is 1.78. The van der Waals surface area contributed by atoms with E-state index in [1.165, 1.54) is 7.11 Å². The van der Waals surface area contributed by atoms with Crippen LogP contribution in [-0.2, 0) is 4.79 Å². The molecule has 3 aromatic rings. The number of nitrogens with one attached hydrogen (secondary N) is 2. The summed E-state index contributed by atoms with van der Waals surface area (Å²) in [5, 5.41) is 12.3. The Morgan fingerprint density at radius 2 is 1.93 bits per heavy atom. The number of aromatic amines is 1. The zero-order chi connectivity index (χ0) is 19.9. The summed E-state index contributed by atoms with van der Waals surface area (Å²) in [5.41, 5.74) is 0.907. The second-order valence-corrected chi connectivity index (χ2v) is 6.57. The minimum absolute atomic E-state index is 0.0289. The fraction of sp³-hybridized carbons (Fsp3) is 0.100. The molecule has 7 nitrogen and oxygen atoms in total. The monoisotopic (exact) mass is 392 g/mol. The Morgan fingerprint density at radius 3 is 2.64 bits per heavy atom. The number of ether oxygens (including phenoxy) is 1. The van der Waals surface area contributed by atoms with Gasteiger partial charge in [0.1, 0.15) is 17.4 Å². The van der Waals surface area contributed by atoms with Gasteiger partial charge in [0.2, 0.25) is 5.91 Å². The first-order chi connectivity index (χ1) is 13.6. The number of nitriles is 1. The number of aromatic nitrogens is 2. The Hall–Kier alpha value is -3.57. The number of thioether (sulfide) groups is 1. The van der Waals surface area contributed by atoms with Crippen LogP contribution >= 0.6 is 11.8 Å².